The fourth-order valence-electron chi connectivity index (χ4n) is 3.10. The molecule has 0 unspecified atom stereocenters. The summed E-state index contributed by atoms with van der Waals surface area (Å²) in [5.74, 6) is -0.164. The molecule has 1 N–H and O–H groups in total. The Morgan fingerprint density at radius 2 is 1.88 bits per heavy atom. The Morgan fingerprint density at radius 3 is 2.62 bits per heavy atom. The van der Waals surface area contributed by atoms with Crippen LogP contribution in [0.25, 0.3) is 0 Å². The van der Waals surface area contributed by atoms with E-state index in [1.165, 1.54) is 10.5 Å². The first-order valence-electron chi connectivity index (χ1n) is 8.90. The van der Waals surface area contributed by atoms with Crippen LogP contribution in [-0.2, 0) is 16.1 Å². The highest BCUT2D eigenvalue weighted by Gasteiger charge is 2.35. The number of hydrogen-bond acceptors (Lipinski definition) is 3. The van der Waals surface area contributed by atoms with Gasteiger partial charge in [-0.25, -0.2) is 4.79 Å². The number of carbonyl (C=O) groups excluding carboxylic acids is 2. The molecule has 136 valence electrons. The number of anilines is 1. The van der Waals surface area contributed by atoms with E-state index >= 15 is 0 Å². The Hall–Kier alpha value is -2.82. The summed E-state index contributed by atoms with van der Waals surface area (Å²) in [5.41, 5.74) is 3.97. The molecule has 1 fully saturated rings. The fourth-order valence-corrected chi connectivity index (χ4v) is 3.10. The third-order valence-electron chi connectivity index (χ3n) is 4.77. The molecule has 3 rings (SSSR count). The van der Waals surface area contributed by atoms with Crippen LogP contribution in [0, 0.1) is 13.8 Å². The normalized spacial score (nSPS) is 16.4. The van der Waals surface area contributed by atoms with Gasteiger partial charge in [-0.2, -0.15) is 0 Å². The molecule has 1 heterocycles. The maximum Gasteiger partial charge on any atom is 0.410 e. The van der Waals surface area contributed by atoms with Gasteiger partial charge in [0.2, 0.25) is 5.91 Å². The van der Waals surface area contributed by atoms with Crippen molar-refractivity contribution in [3.8, 4) is 0 Å². The van der Waals surface area contributed by atoms with Crippen molar-refractivity contribution in [3.05, 3.63) is 65.2 Å². The number of nitrogens with zero attached hydrogens (tertiary/aromatic N) is 1. The SMILES string of the molecule is Cc1ccc(NC(=O)[C@H]2CCCN2C(=O)OCc2ccccc2)cc1C. The second-order valence-electron chi connectivity index (χ2n) is 6.68. The first-order valence-corrected chi connectivity index (χ1v) is 8.90. The summed E-state index contributed by atoms with van der Waals surface area (Å²) >= 11 is 0. The van der Waals surface area contributed by atoms with E-state index in [2.05, 4.69) is 5.32 Å². The molecule has 0 aliphatic carbocycles. The van der Waals surface area contributed by atoms with Gasteiger partial charge in [-0.05, 0) is 55.5 Å². The Kier molecular flexibility index (Phi) is 5.56. The topological polar surface area (TPSA) is 58.6 Å². The van der Waals surface area contributed by atoms with Crippen molar-refractivity contribution in [1.82, 2.24) is 4.90 Å². The molecule has 1 aliphatic rings. The summed E-state index contributed by atoms with van der Waals surface area (Å²) in [6, 6.07) is 14.8. The maximum absolute atomic E-state index is 12.6. The average Bonchev–Trinajstić information content (AvgIpc) is 3.14. The van der Waals surface area contributed by atoms with Gasteiger partial charge in [0, 0.05) is 12.2 Å². The lowest BCUT2D eigenvalue weighted by Crippen LogP contribution is -2.43. The second-order valence-corrected chi connectivity index (χ2v) is 6.68. The third-order valence-corrected chi connectivity index (χ3v) is 4.77. The van der Waals surface area contributed by atoms with Crippen molar-refractivity contribution in [2.75, 3.05) is 11.9 Å². The van der Waals surface area contributed by atoms with Crippen LogP contribution < -0.4 is 5.32 Å². The molecule has 1 saturated heterocycles. The highest BCUT2D eigenvalue weighted by Crippen LogP contribution is 2.21. The van der Waals surface area contributed by atoms with E-state index < -0.39 is 12.1 Å². The molecule has 1 aliphatic heterocycles. The van der Waals surface area contributed by atoms with Crippen LogP contribution in [0.4, 0.5) is 10.5 Å². The van der Waals surface area contributed by atoms with Gasteiger partial charge in [0.1, 0.15) is 12.6 Å². The lowest BCUT2D eigenvalue weighted by Gasteiger charge is -2.23. The maximum atomic E-state index is 12.6. The molecule has 2 aromatic carbocycles. The van der Waals surface area contributed by atoms with E-state index in [0.717, 1.165) is 23.2 Å². The number of aryl methyl sites for hydroxylation is 2. The van der Waals surface area contributed by atoms with Gasteiger partial charge < -0.3 is 10.1 Å². The number of likely N-dealkylation sites (tertiary alicyclic amines) is 1. The molecule has 1 atom stereocenters. The van der Waals surface area contributed by atoms with Crippen LogP contribution in [0.5, 0.6) is 0 Å². The number of benzene rings is 2. The summed E-state index contributed by atoms with van der Waals surface area (Å²) in [5, 5.41) is 2.92. The average molecular weight is 352 g/mol. The van der Waals surface area contributed by atoms with Crippen molar-refractivity contribution in [3.63, 3.8) is 0 Å². The van der Waals surface area contributed by atoms with Crippen LogP contribution in [0.3, 0.4) is 0 Å². The van der Waals surface area contributed by atoms with Crippen LogP contribution in [0.15, 0.2) is 48.5 Å². The zero-order valence-corrected chi connectivity index (χ0v) is 15.2. The number of rotatable bonds is 4. The Balaban J connectivity index is 1.60. The predicted octanol–water partition coefficient (Wildman–Crippen LogP) is 4.04. The minimum absolute atomic E-state index is 0.164. The van der Waals surface area contributed by atoms with E-state index in [-0.39, 0.29) is 12.5 Å². The summed E-state index contributed by atoms with van der Waals surface area (Å²) in [6.07, 6.45) is 1.01. The molecule has 26 heavy (non-hydrogen) atoms. The molecule has 0 radical (unpaired) electrons. The molecule has 0 aromatic heterocycles. The monoisotopic (exact) mass is 352 g/mol. The van der Waals surface area contributed by atoms with Crippen LogP contribution >= 0.6 is 0 Å². The molecular formula is C21H24N2O3. The molecular weight excluding hydrogens is 328 g/mol. The number of carbonyl (C=O) groups is 2. The van der Waals surface area contributed by atoms with Gasteiger partial charge in [-0.15, -0.1) is 0 Å². The molecule has 0 bridgehead atoms. The number of ether oxygens (including phenoxy) is 1. The van der Waals surface area contributed by atoms with E-state index in [1.807, 2.05) is 62.4 Å². The highest BCUT2D eigenvalue weighted by molar-refractivity contribution is 5.97. The van der Waals surface area contributed by atoms with Gasteiger partial charge >= 0.3 is 6.09 Å². The minimum atomic E-state index is -0.486. The minimum Gasteiger partial charge on any atom is -0.445 e. The van der Waals surface area contributed by atoms with Gasteiger partial charge in [0.05, 0.1) is 0 Å². The molecule has 0 saturated carbocycles. The fraction of sp³-hybridized carbons (Fsp3) is 0.333. The summed E-state index contributed by atoms with van der Waals surface area (Å²) < 4.78 is 5.38. The number of amides is 2. The number of nitrogens with one attached hydrogen (secondary N) is 1. The third kappa shape index (κ3) is 4.23. The zero-order valence-electron chi connectivity index (χ0n) is 15.2. The number of hydrogen-bond donors (Lipinski definition) is 1. The predicted molar refractivity (Wildman–Crippen MR) is 101 cm³/mol. The van der Waals surface area contributed by atoms with E-state index in [9.17, 15) is 9.59 Å². The quantitative estimate of drug-likeness (QED) is 0.903. The van der Waals surface area contributed by atoms with Crippen LogP contribution in [0.2, 0.25) is 0 Å². The lowest BCUT2D eigenvalue weighted by atomic mass is 10.1. The van der Waals surface area contributed by atoms with E-state index in [0.29, 0.717) is 13.0 Å². The highest BCUT2D eigenvalue weighted by atomic mass is 16.6. The van der Waals surface area contributed by atoms with Gasteiger partial charge in [-0.1, -0.05) is 36.4 Å². The second kappa shape index (κ2) is 8.04. The molecule has 0 spiro atoms. The van der Waals surface area contributed by atoms with Gasteiger partial charge in [0.15, 0.2) is 0 Å². The van der Waals surface area contributed by atoms with Gasteiger partial charge in [0.25, 0.3) is 0 Å². The van der Waals surface area contributed by atoms with E-state index in [4.69, 9.17) is 4.74 Å². The molecule has 2 aromatic rings. The van der Waals surface area contributed by atoms with Crippen molar-refractivity contribution in [1.29, 1.82) is 0 Å². The molecule has 2 amide bonds. The molecule has 5 nitrogen and oxygen atoms in total. The smallest absolute Gasteiger partial charge is 0.410 e. The zero-order chi connectivity index (χ0) is 18.5. The Morgan fingerprint density at radius 1 is 1.12 bits per heavy atom. The van der Waals surface area contributed by atoms with Crippen molar-refractivity contribution >= 4 is 17.7 Å². The van der Waals surface area contributed by atoms with Crippen LogP contribution in [-0.4, -0.2) is 29.5 Å². The molecule has 5 heteroatoms. The Bertz CT molecular complexity index is 789. The first kappa shape index (κ1) is 18.0. The summed E-state index contributed by atoms with van der Waals surface area (Å²) in [4.78, 5) is 26.6. The van der Waals surface area contributed by atoms with Crippen molar-refractivity contribution in [2.24, 2.45) is 0 Å². The van der Waals surface area contributed by atoms with Gasteiger partial charge in [-0.3, -0.25) is 9.69 Å². The lowest BCUT2D eigenvalue weighted by molar-refractivity contribution is -0.120. The summed E-state index contributed by atoms with van der Waals surface area (Å²) in [7, 11) is 0. The van der Waals surface area contributed by atoms with Crippen molar-refractivity contribution < 1.29 is 14.3 Å². The largest absolute Gasteiger partial charge is 0.445 e. The first-order chi connectivity index (χ1) is 12.5. The summed E-state index contributed by atoms with van der Waals surface area (Å²) in [6.45, 7) is 4.79. The van der Waals surface area contributed by atoms with Crippen LogP contribution in [0.1, 0.15) is 29.5 Å². The standard InChI is InChI=1S/C21H24N2O3/c1-15-10-11-18(13-16(15)2)22-20(24)19-9-6-12-23(19)21(25)26-14-17-7-4-3-5-8-17/h3-5,7-8,10-11,13,19H,6,9,12,14H2,1-2H3,(H,22,24)/t19-/m1/s1. The Labute approximate surface area is 154 Å². The van der Waals surface area contributed by atoms with Crippen molar-refractivity contribution in [2.45, 2.75) is 39.3 Å². The van der Waals surface area contributed by atoms with E-state index in [1.54, 1.807) is 0 Å².